The summed E-state index contributed by atoms with van der Waals surface area (Å²) in [5.41, 5.74) is 1.28. The number of nitrogens with one attached hydrogen (secondary N) is 1. The molecule has 1 amide bonds. The number of esters is 1. The number of anilines is 1. The summed E-state index contributed by atoms with van der Waals surface area (Å²) >= 11 is 8.75. The van der Waals surface area contributed by atoms with Crippen LogP contribution in [0.3, 0.4) is 0 Å². The van der Waals surface area contributed by atoms with Crippen molar-refractivity contribution >= 4 is 62.5 Å². The SMILES string of the molecule is CCOC(=O)c1ccc(NC(=O)CSc2nc3ccc(Cl)cc3s2)cc1O. The second-order valence-electron chi connectivity index (χ2n) is 5.38. The van der Waals surface area contributed by atoms with Crippen LogP contribution in [0.5, 0.6) is 5.75 Å². The number of carbonyl (C=O) groups excluding carboxylic acids is 2. The van der Waals surface area contributed by atoms with Gasteiger partial charge in [0.25, 0.3) is 0 Å². The monoisotopic (exact) mass is 422 g/mol. The van der Waals surface area contributed by atoms with E-state index in [1.165, 1.54) is 41.3 Å². The normalized spacial score (nSPS) is 10.7. The first-order chi connectivity index (χ1) is 13.0. The average Bonchev–Trinajstić information content (AvgIpc) is 3.02. The first-order valence-electron chi connectivity index (χ1n) is 7.95. The van der Waals surface area contributed by atoms with E-state index in [-0.39, 0.29) is 29.6 Å². The highest BCUT2D eigenvalue weighted by Crippen LogP contribution is 2.31. The fourth-order valence-electron chi connectivity index (χ4n) is 2.25. The zero-order chi connectivity index (χ0) is 19.4. The van der Waals surface area contributed by atoms with Crippen molar-refractivity contribution < 1.29 is 19.4 Å². The molecule has 0 aliphatic heterocycles. The molecule has 0 fully saturated rings. The minimum Gasteiger partial charge on any atom is -0.507 e. The van der Waals surface area contributed by atoms with Gasteiger partial charge in [0.2, 0.25) is 5.91 Å². The number of carbonyl (C=O) groups is 2. The van der Waals surface area contributed by atoms with Crippen LogP contribution >= 0.6 is 34.7 Å². The molecule has 0 saturated carbocycles. The minimum absolute atomic E-state index is 0.0531. The van der Waals surface area contributed by atoms with E-state index in [0.717, 1.165) is 14.6 Å². The largest absolute Gasteiger partial charge is 0.507 e. The van der Waals surface area contributed by atoms with Gasteiger partial charge in [-0.3, -0.25) is 4.79 Å². The quantitative estimate of drug-likeness (QED) is 0.447. The van der Waals surface area contributed by atoms with Crippen molar-refractivity contribution in [2.24, 2.45) is 0 Å². The van der Waals surface area contributed by atoms with Crippen LogP contribution < -0.4 is 5.32 Å². The Morgan fingerprint density at radius 2 is 2.11 bits per heavy atom. The van der Waals surface area contributed by atoms with E-state index in [4.69, 9.17) is 16.3 Å². The third-order valence-corrected chi connectivity index (χ3v) is 5.83. The Morgan fingerprint density at radius 3 is 2.85 bits per heavy atom. The van der Waals surface area contributed by atoms with Crippen LogP contribution in [-0.2, 0) is 9.53 Å². The maximum absolute atomic E-state index is 12.1. The molecule has 0 atom stereocenters. The first kappa shape index (κ1) is 19.5. The highest BCUT2D eigenvalue weighted by Gasteiger charge is 2.14. The molecule has 0 aliphatic carbocycles. The Bertz CT molecular complexity index is 1010. The number of aromatic nitrogens is 1. The van der Waals surface area contributed by atoms with Gasteiger partial charge < -0.3 is 15.2 Å². The standard InChI is InChI=1S/C18H15ClN2O4S2/c1-2-25-17(24)12-5-4-11(8-14(12)22)20-16(23)9-26-18-21-13-6-3-10(19)7-15(13)27-18/h3-8,22H,2,9H2,1H3,(H,20,23). The number of halogens is 1. The molecule has 27 heavy (non-hydrogen) atoms. The lowest BCUT2D eigenvalue weighted by Gasteiger charge is -2.08. The topological polar surface area (TPSA) is 88.5 Å². The van der Waals surface area contributed by atoms with Crippen LogP contribution in [0.2, 0.25) is 5.02 Å². The maximum Gasteiger partial charge on any atom is 0.341 e. The molecule has 0 saturated heterocycles. The van der Waals surface area contributed by atoms with E-state index in [2.05, 4.69) is 10.3 Å². The van der Waals surface area contributed by atoms with Gasteiger partial charge in [-0.2, -0.15) is 0 Å². The van der Waals surface area contributed by atoms with Gasteiger partial charge in [-0.15, -0.1) is 11.3 Å². The Kier molecular flexibility index (Phi) is 6.20. The summed E-state index contributed by atoms with van der Waals surface area (Å²) in [5, 5.41) is 13.3. The van der Waals surface area contributed by atoms with Crippen LogP contribution in [-0.4, -0.2) is 34.3 Å². The van der Waals surface area contributed by atoms with Crippen molar-refractivity contribution in [2.45, 2.75) is 11.3 Å². The number of amides is 1. The van der Waals surface area contributed by atoms with Gasteiger partial charge in [0.15, 0.2) is 4.34 Å². The van der Waals surface area contributed by atoms with Crippen molar-refractivity contribution in [2.75, 3.05) is 17.7 Å². The number of aromatic hydroxyl groups is 1. The van der Waals surface area contributed by atoms with Gasteiger partial charge in [0, 0.05) is 16.8 Å². The molecule has 3 rings (SSSR count). The minimum atomic E-state index is -0.612. The smallest absolute Gasteiger partial charge is 0.341 e. The second-order valence-corrected chi connectivity index (χ2v) is 8.07. The molecule has 2 N–H and O–H groups in total. The van der Waals surface area contributed by atoms with Gasteiger partial charge in [-0.1, -0.05) is 23.4 Å². The van der Waals surface area contributed by atoms with E-state index < -0.39 is 5.97 Å². The number of nitrogens with zero attached hydrogens (tertiary/aromatic N) is 1. The van der Waals surface area contributed by atoms with Gasteiger partial charge in [0.05, 0.1) is 22.6 Å². The predicted octanol–water partition coefficient (Wildman–Crippen LogP) is 4.56. The number of rotatable bonds is 6. The molecule has 0 unspecified atom stereocenters. The summed E-state index contributed by atoms with van der Waals surface area (Å²) in [4.78, 5) is 28.3. The molecule has 0 radical (unpaired) electrons. The van der Waals surface area contributed by atoms with Gasteiger partial charge in [0.1, 0.15) is 11.3 Å². The Balaban J connectivity index is 1.60. The number of thioether (sulfide) groups is 1. The lowest BCUT2D eigenvalue weighted by Crippen LogP contribution is -2.14. The number of hydrogen-bond donors (Lipinski definition) is 2. The van der Waals surface area contributed by atoms with Crippen molar-refractivity contribution in [1.29, 1.82) is 0 Å². The maximum atomic E-state index is 12.1. The number of thiazole rings is 1. The molecule has 0 spiro atoms. The lowest BCUT2D eigenvalue weighted by molar-refractivity contribution is -0.113. The summed E-state index contributed by atoms with van der Waals surface area (Å²) in [7, 11) is 0. The lowest BCUT2D eigenvalue weighted by atomic mass is 10.2. The molecule has 1 aromatic heterocycles. The Hall–Kier alpha value is -2.29. The van der Waals surface area contributed by atoms with E-state index in [0.29, 0.717) is 10.7 Å². The van der Waals surface area contributed by atoms with Crippen molar-refractivity contribution in [3.8, 4) is 5.75 Å². The third kappa shape index (κ3) is 4.91. The number of benzene rings is 2. The fraction of sp³-hybridized carbons (Fsp3) is 0.167. The van der Waals surface area contributed by atoms with Gasteiger partial charge in [-0.25, -0.2) is 9.78 Å². The first-order valence-corrected chi connectivity index (χ1v) is 10.1. The molecular weight excluding hydrogens is 408 g/mol. The molecule has 140 valence electrons. The molecule has 0 aliphatic rings. The molecule has 3 aromatic rings. The second kappa shape index (κ2) is 8.60. The van der Waals surface area contributed by atoms with Crippen LogP contribution in [0.4, 0.5) is 5.69 Å². The molecule has 6 nitrogen and oxygen atoms in total. The number of phenolic OH excluding ortho intramolecular Hbond substituents is 1. The molecule has 9 heteroatoms. The molecular formula is C18H15ClN2O4S2. The molecule has 2 aromatic carbocycles. The van der Waals surface area contributed by atoms with Crippen LogP contribution in [0.1, 0.15) is 17.3 Å². The van der Waals surface area contributed by atoms with Crippen LogP contribution in [0.15, 0.2) is 40.7 Å². The van der Waals surface area contributed by atoms with Gasteiger partial charge in [-0.05, 0) is 37.3 Å². The summed E-state index contributed by atoms with van der Waals surface area (Å²) < 4.78 is 6.58. The van der Waals surface area contributed by atoms with Crippen LogP contribution in [0, 0.1) is 0 Å². The zero-order valence-electron chi connectivity index (χ0n) is 14.2. The number of phenols is 1. The van der Waals surface area contributed by atoms with Crippen molar-refractivity contribution in [1.82, 2.24) is 4.98 Å². The van der Waals surface area contributed by atoms with Gasteiger partial charge >= 0.3 is 5.97 Å². The highest BCUT2D eigenvalue weighted by atomic mass is 35.5. The van der Waals surface area contributed by atoms with E-state index >= 15 is 0 Å². The number of ether oxygens (including phenoxy) is 1. The summed E-state index contributed by atoms with van der Waals surface area (Å²) in [6, 6.07) is 9.71. The van der Waals surface area contributed by atoms with E-state index in [9.17, 15) is 14.7 Å². The average molecular weight is 423 g/mol. The molecule has 0 bridgehead atoms. The summed E-state index contributed by atoms with van der Waals surface area (Å²) in [6.45, 7) is 1.90. The molecule has 1 heterocycles. The fourth-order valence-corrected chi connectivity index (χ4v) is 4.40. The zero-order valence-corrected chi connectivity index (χ0v) is 16.6. The van der Waals surface area contributed by atoms with Crippen LogP contribution in [0.25, 0.3) is 10.2 Å². The Labute approximate surface area is 168 Å². The van der Waals surface area contributed by atoms with Crippen molar-refractivity contribution in [3.05, 3.63) is 47.0 Å². The van der Waals surface area contributed by atoms with Crippen molar-refractivity contribution in [3.63, 3.8) is 0 Å². The van der Waals surface area contributed by atoms with E-state index in [1.807, 2.05) is 12.1 Å². The highest BCUT2D eigenvalue weighted by molar-refractivity contribution is 8.01. The predicted molar refractivity (Wildman–Crippen MR) is 108 cm³/mol. The third-order valence-electron chi connectivity index (χ3n) is 3.43. The Morgan fingerprint density at radius 1 is 1.30 bits per heavy atom. The number of fused-ring (bicyclic) bond motifs is 1. The number of hydrogen-bond acceptors (Lipinski definition) is 7. The summed E-state index contributed by atoms with van der Waals surface area (Å²) in [5.74, 6) is -0.949. The van der Waals surface area contributed by atoms with E-state index in [1.54, 1.807) is 13.0 Å². The summed E-state index contributed by atoms with van der Waals surface area (Å²) in [6.07, 6.45) is 0.